The second-order valence-electron chi connectivity index (χ2n) is 5.05. The lowest BCUT2D eigenvalue weighted by atomic mass is 9.83. The molecule has 0 radical (unpaired) electrons. The van der Waals surface area contributed by atoms with Gasteiger partial charge in [0.1, 0.15) is 0 Å². The number of ketones is 1. The van der Waals surface area contributed by atoms with Crippen molar-refractivity contribution in [1.29, 1.82) is 0 Å². The van der Waals surface area contributed by atoms with E-state index in [0.29, 0.717) is 21.1 Å². The van der Waals surface area contributed by atoms with Crippen LogP contribution < -0.4 is 0 Å². The number of carboxylic acids is 1. The molecular formula is C17H15IO3. The second-order valence-corrected chi connectivity index (χ2v) is 5.81. The molecule has 0 fully saturated rings. The number of halogens is 1. The number of alkyl halides is 1. The first-order valence-electron chi connectivity index (χ1n) is 6.48. The Morgan fingerprint density at radius 2 is 1.67 bits per heavy atom. The maximum atomic E-state index is 12.4. The van der Waals surface area contributed by atoms with E-state index in [1.54, 1.807) is 43.3 Å². The fraction of sp³-hybridized carbons (Fsp3) is 0.176. The highest BCUT2D eigenvalue weighted by Crippen LogP contribution is 2.28. The normalized spacial score (nSPS) is 13.4. The average Bonchev–Trinajstić information content (AvgIpc) is 2.54. The van der Waals surface area contributed by atoms with Crippen LogP contribution in [-0.4, -0.2) is 21.3 Å². The Bertz CT molecular complexity index is 667. The first-order valence-corrected chi connectivity index (χ1v) is 8.01. The molecule has 1 atom stereocenters. The molecule has 0 aliphatic heterocycles. The van der Waals surface area contributed by atoms with Crippen LogP contribution in [0.5, 0.6) is 0 Å². The Morgan fingerprint density at radius 1 is 1.05 bits per heavy atom. The molecule has 0 bridgehead atoms. The molecule has 0 saturated carbocycles. The molecule has 0 unspecified atom stereocenters. The number of benzene rings is 2. The molecule has 0 aliphatic rings. The summed E-state index contributed by atoms with van der Waals surface area (Å²) in [5, 5.41) is 9.44. The van der Waals surface area contributed by atoms with Gasteiger partial charge in [0, 0.05) is 15.6 Å². The fourth-order valence-corrected chi connectivity index (χ4v) is 2.78. The maximum absolute atomic E-state index is 12.4. The van der Waals surface area contributed by atoms with E-state index in [1.165, 1.54) is 0 Å². The molecule has 2 aromatic rings. The van der Waals surface area contributed by atoms with Crippen LogP contribution in [-0.2, 0) is 10.2 Å². The zero-order valence-electron chi connectivity index (χ0n) is 11.5. The van der Waals surface area contributed by atoms with Crippen molar-refractivity contribution in [2.75, 3.05) is 4.43 Å². The summed E-state index contributed by atoms with van der Waals surface area (Å²) in [7, 11) is 0. The summed E-state index contributed by atoms with van der Waals surface area (Å²) in [6.45, 7) is 1.67. The minimum Gasteiger partial charge on any atom is -0.481 e. The average molecular weight is 394 g/mol. The number of carboxylic acid groups (broad SMARTS) is 1. The third-order valence-electron chi connectivity index (χ3n) is 3.54. The predicted octanol–water partition coefficient (Wildman–Crippen LogP) is 3.69. The molecule has 1 N–H and O–H groups in total. The zero-order chi connectivity index (χ0) is 15.5. The SMILES string of the molecule is C[C@@](CI)(C(=O)O)c1cccc(C(=O)c2ccccc2)c1. The smallest absolute Gasteiger partial charge is 0.314 e. The molecule has 3 nitrogen and oxygen atoms in total. The first-order chi connectivity index (χ1) is 9.99. The van der Waals surface area contributed by atoms with Gasteiger partial charge in [-0.05, 0) is 18.6 Å². The van der Waals surface area contributed by atoms with E-state index in [4.69, 9.17) is 0 Å². The van der Waals surface area contributed by atoms with Gasteiger partial charge in [-0.3, -0.25) is 9.59 Å². The van der Waals surface area contributed by atoms with Crippen molar-refractivity contribution in [3.05, 3.63) is 71.3 Å². The second kappa shape index (κ2) is 6.39. The van der Waals surface area contributed by atoms with E-state index in [2.05, 4.69) is 22.6 Å². The van der Waals surface area contributed by atoms with Gasteiger partial charge in [-0.1, -0.05) is 71.1 Å². The molecule has 0 aliphatic carbocycles. The van der Waals surface area contributed by atoms with Crippen LogP contribution >= 0.6 is 22.6 Å². The number of hydrogen-bond donors (Lipinski definition) is 1. The van der Waals surface area contributed by atoms with Crippen molar-refractivity contribution in [3.63, 3.8) is 0 Å². The van der Waals surface area contributed by atoms with Crippen LogP contribution in [0.4, 0.5) is 0 Å². The van der Waals surface area contributed by atoms with E-state index < -0.39 is 11.4 Å². The van der Waals surface area contributed by atoms with Gasteiger partial charge in [0.15, 0.2) is 5.78 Å². The molecule has 0 spiro atoms. The number of rotatable bonds is 5. The highest BCUT2D eigenvalue weighted by Gasteiger charge is 2.34. The summed E-state index contributed by atoms with van der Waals surface area (Å²) >= 11 is 2.06. The third kappa shape index (κ3) is 3.15. The van der Waals surface area contributed by atoms with E-state index in [1.807, 2.05) is 18.2 Å². The third-order valence-corrected chi connectivity index (χ3v) is 5.06. The van der Waals surface area contributed by atoms with Crippen molar-refractivity contribution in [1.82, 2.24) is 0 Å². The summed E-state index contributed by atoms with van der Waals surface area (Å²) in [4.78, 5) is 23.9. The first kappa shape index (κ1) is 15.7. The van der Waals surface area contributed by atoms with Crippen LogP contribution in [0.1, 0.15) is 28.4 Å². The van der Waals surface area contributed by atoms with Gasteiger partial charge in [0.25, 0.3) is 0 Å². The van der Waals surface area contributed by atoms with Crippen molar-refractivity contribution in [2.24, 2.45) is 0 Å². The molecule has 2 rings (SSSR count). The van der Waals surface area contributed by atoms with Crippen molar-refractivity contribution < 1.29 is 14.7 Å². The highest BCUT2D eigenvalue weighted by atomic mass is 127. The summed E-state index contributed by atoms with van der Waals surface area (Å²) in [5.74, 6) is -0.986. The lowest BCUT2D eigenvalue weighted by Crippen LogP contribution is -2.34. The van der Waals surface area contributed by atoms with Crippen molar-refractivity contribution in [3.8, 4) is 0 Å². The molecule has 4 heteroatoms. The molecular weight excluding hydrogens is 379 g/mol. The van der Waals surface area contributed by atoms with Gasteiger partial charge >= 0.3 is 5.97 Å². The quantitative estimate of drug-likeness (QED) is 0.478. The van der Waals surface area contributed by atoms with Gasteiger partial charge in [-0.2, -0.15) is 0 Å². The Hall–Kier alpha value is -1.69. The van der Waals surface area contributed by atoms with Crippen LogP contribution in [0, 0.1) is 0 Å². The van der Waals surface area contributed by atoms with E-state index in [0.717, 1.165) is 0 Å². The molecule has 0 aromatic heterocycles. The fourth-order valence-electron chi connectivity index (χ4n) is 2.02. The van der Waals surface area contributed by atoms with Crippen molar-refractivity contribution in [2.45, 2.75) is 12.3 Å². The monoisotopic (exact) mass is 394 g/mol. The lowest BCUT2D eigenvalue weighted by Gasteiger charge is -2.23. The lowest BCUT2D eigenvalue weighted by molar-refractivity contribution is -0.142. The molecule has 0 saturated heterocycles. The van der Waals surface area contributed by atoms with Crippen molar-refractivity contribution >= 4 is 34.3 Å². The maximum Gasteiger partial charge on any atom is 0.314 e. The van der Waals surface area contributed by atoms with Gasteiger partial charge in [0.2, 0.25) is 0 Å². The zero-order valence-corrected chi connectivity index (χ0v) is 13.7. The molecule has 2 aromatic carbocycles. The van der Waals surface area contributed by atoms with Crippen LogP contribution in [0.3, 0.4) is 0 Å². The number of hydrogen-bond acceptors (Lipinski definition) is 2. The van der Waals surface area contributed by atoms with E-state index in [-0.39, 0.29) is 5.78 Å². The predicted molar refractivity (Wildman–Crippen MR) is 90.2 cm³/mol. The Labute approximate surface area is 137 Å². The topological polar surface area (TPSA) is 54.4 Å². The van der Waals surface area contributed by atoms with E-state index >= 15 is 0 Å². The van der Waals surface area contributed by atoms with E-state index in [9.17, 15) is 14.7 Å². The largest absolute Gasteiger partial charge is 0.481 e. The summed E-state index contributed by atoms with van der Waals surface area (Å²) in [6.07, 6.45) is 0. The van der Waals surface area contributed by atoms with Gasteiger partial charge in [-0.25, -0.2) is 0 Å². The van der Waals surface area contributed by atoms with Crippen LogP contribution in [0.2, 0.25) is 0 Å². The Kier molecular flexibility index (Phi) is 4.77. The Balaban J connectivity index is 2.43. The molecule has 0 amide bonds. The van der Waals surface area contributed by atoms with Gasteiger partial charge in [0.05, 0.1) is 5.41 Å². The van der Waals surface area contributed by atoms with Gasteiger partial charge < -0.3 is 5.11 Å². The summed E-state index contributed by atoms with van der Waals surface area (Å²) in [5.41, 5.74) is 0.761. The number of aliphatic carboxylic acids is 1. The minimum atomic E-state index is -0.993. The Morgan fingerprint density at radius 3 is 2.24 bits per heavy atom. The standard InChI is InChI=1S/C17H15IO3/c1-17(11-18,16(20)21)14-9-5-8-13(10-14)15(19)12-6-3-2-4-7-12/h2-10H,11H2,1H3,(H,20,21)/t17-/m0/s1. The minimum absolute atomic E-state index is 0.0985. The number of carbonyl (C=O) groups is 2. The number of carbonyl (C=O) groups excluding carboxylic acids is 1. The van der Waals surface area contributed by atoms with Gasteiger partial charge in [-0.15, -0.1) is 0 Å². The summed E-state index contributed by atoms with van der Waals surface area (Å²) in [6, 6.07) is 15.9. The highest BCUT2D eigenvalue weighted by molar-refractivity contribution is 14.1. The van der Waals surface area contributed by atoms with Crippen LogP contribution in [0.15, 0.2) is 54.6 Å². The molecule has 0 heterocycles. The summed E-state index contributed by atoms with van der Waals surface area (Å²) < 4.78 is 0.434. The molecule has 108 valence electrons. The molecule has 21 heavy (non-hydrogen) atoms. The van der Waals surface area contributed by atoms with Crippen LogP contribution in [0.25, 0.3) is 0 Å².